The fourth-order valence-corrected chi connectivity index (χ4v) is 4.29. The Morgan fingerprint density at radius 2 is 2.00 bits per heavy atom. The Balaban J connectivity index is 1.62. The summed E-state index contributed by atoms with van der Waals surface area (Å²) in [6, 6.07) is 6.73. The van der Waals surface area contributed by atoms with E-state index in [2.05, 4.69) is 4.72 Å². The summed E-state index contributed by atoms with van der Waals surface area (Å²) in [6.07, 6.45) is 2.56. The fraction of sp³-hybridized carbons (Fsp3) is 0.500. The summed E-state index contributed by atoms with van der Waals surface area (Å²) in [5, 5.41) is 0.201. The lowest BCUT2D eigenvalue weighted by atomic mass is 10.1. The van der Waals surface area contributed by atoms with Crippen molar-refractivity contribution in [2.75, 3.05) is 13.1 Å². The number of nitrogens with one attached hydrogen (secondary N) is 1. The Hall–Kier alpha value is -1.11. The van der Waals surface area contributed by atoms with Crippen molar-refractivity contribution in [2.24, 2.45) is 5.92 Å². The fourth-order valence-electron chi connectivity index (χ4n) is 2.65. The molecule has 5 nitrogen and oxygen atoms in total. The molecule has 1 aliphatic carbocycles. The molecule has 2 aliphatic rings. The summed E-state index contributed by atoms with van der Waals surface area (Å²) < 4.78 is 27.0. The molecule has 1 saturated carbocycles. The van der Waals surface area contributed by atoms with Gasteiger partial charge in [0.15, 0.2) is 0 Å². The van der Waals surface area contributed by atoms with Gasteiger partial charge in [0.2, 0.25) is 15.9 Å². The van der Waals surface area contributed by atoms with Crippen molar-refractivity contribution in [1.82, 2.24) is 9.62 Å². The molecule has 3 rings (SSSR count). The van der Waals surface area contributed by atoms with Crippen LogP contribution in [-0.2, 0) is 14.8 Å². The van der Waals surface area contributed by atoms with Gasteiger partial charge in [0.25, 0.3) is 0 Å². The number of rotatable bonds is 5. The zero-order chi connectivity index (χ0) is 15.0. The molecule has 1 saturated heterocycles. The van der Waals surface area contributed by atoms with Crippen LogP contribution in [0.25, 0.3) is 0 Å². The van der Waals surface area contributed by atoms with E-state index in [1.165, 1.54) is 6.07 Å². The summed E-state index contributed by atoms with van der Waals surface area (Å²) >= 11 is 5.92. The summed E-state index contributed by atoms with van der Waals surface area (Å²) in [5.41, 5.74) is 0. The molecule has 1 aromatic rings. The van der Waals surface area contributed by atoms with Crippen molar-refractivity contribution in [3.05, 3.63) is 29.3 Å². The molecule has 0 spiro atoms. The SMILES string of the molecule is O=C1CC(CNS(=O)(=O)c2ccccc2Cl)CN1C1CC1. The maximum absolute atomic E-state index is 12.2. The summed E-state index contributed by atoms with van der Waals surface area (Å²) in [5.74, 6) is 0.176. The Labute approximate surface area is 129 Å². The van der Waals surface area contributed by atoms with Crippen LogP contribution in [0.4, 0.5) is 0 Å². The molecule has 0 bridgehead atoms. The highest BCUT2D eigenvalue weighted by Gasteiger charge is 2.39. The number of nitrogens with zero attached hydrogens (tertiary/aromatic N) is 1. The highest BCUT2D eigenvalue weighted by molar-refractivity contribution is 7.89. The number of benzene rings is 1. The topological polar surface area (TPSA) is 66.5 Å². The van der Waals surface area contributed by atoms with Gasteiger partial charge in [-0.2, -0.15) is 0 Å². The minimum Gasteiger partial charge on any atom is -0.339 e. The molecule has 1 aromatic carbocycles. The van der Waals surface area contributed by atoms with Crippen LogP contribution in [0.5, 0.6) is 0 Å². The first kappa shape index (κ1) is 14.8. The van der Waals surface area contributed by atoms with E-state index in [-0.39, 0.29) is 28.3 Å². The lowest BCUT2D eigenvalue weighted by Gasteiger charge is -2.16. The number of halogens is 1. The van der Waals surface area contributed by atoms with E-state index < -0.39 is 10.0 Å². The molecule has 2 fully saturated rings. The minimum absolute atomic E-state index is 0.0374. The van der Waals surface area contributed by atoms with Gasteiger partial charge in [-0.1, -0.05) is 23.7 Å². The van der Waals surface area contributed by atoms with E-state index in [0.29, 0.717) is 19.0 Å². The van der Waals surface area contributed by atoms with Crippen LogP contribution in [0.15, 0.2) is 29.2 Å². The molecular formula is C14H17ClN2O3S. The number of sulfonamides is 1. The van der Waals surface area contributed by atoms with Crippen molar-refractivity contribution < 1.29 is 13.2 Å². The van der Waals surface area contributed by atoms with Crippen LogP contribution < -0.4 is 4.72 Å². The van der Waals surface area contributed by atoms with Gasteiger partial charge in [0.05, 0.1) is 5.02 Å². The number of likely N-dealkylation sites (tertiary alicyclic amines) is 1. The molecule has 114 valence electrons. The molecule has 1 atom stereocenters. The Kier molecular flexibility index (Phi) is 3.94. The van der Waals surface area contributed by atoms with Crippen LogP contribution in [0.1, 0.15) is 19.3 Å². The number of hydrogen-bond acceptors (Lipinski definition) is 3. The van der Waals surface area contributed by atoms with Gasteiger partial charge in [-0.25, -0.2) is 13.1 Å². The molecule has 1 heterocycles. The van der Waals surface area contributed by atoms with Crippen molar-refractivity contribution in [1.29, 1.82) is 0 Å². The van der Waals surface area contributed by atoms with Crippen molar-refractivity contribution in [3.8, 4) is 0 Å². The van der Waals surface area contributed by atoms with Gasteiger partial charge in [0, 0.05) is 25.6 Å². The van der Waals surface area contributed by atoms with Crippen LogP contribution >= 0.6 is 11.6 Å². The zero-order valence-electron chi connectivity index (χ0n) is 11.5. The lowest BCUT2D eigenvalue weighted by Crippen LogP contribution is -2.32. The van der Waals surface area contributed by atoms with E-state index >= 15 is 0 Å². The van der Waals surface area contributed by atoms with Gasteiger partial charge in [-0.05, 0) is 30.9 Å². The van der Waals surface area contributed by atoms with E-state index in [9.17, 15) is 13.2 Å². The van der Waals surface area contributed by atoms with Crippen LogP contribution in [0, 0.1) is 5.92 Å². The Morgan fingerprint density at radius 3 is 2.67 bits per heavy atom. The molecule has 1 aliphatic heterocycles. The Bertz CT molecular complexity index is 658. The van der Waals surface area contributed by atoms with Gasteiger partial charge in [-0.15, -0.1) is 0 Å². The van der Waals surface area contributed by atoms with Gasteiger partial charge in [-0.3, -0.25) is 4.79 Å². The molecule has 0 aromatic heterocycles. The van der Waals surface area contributed by atoms with Gasteiger partial charge >= 0.3 is 0 Å². The first-order valence-corrected chi connectivity index (χ1v) is 8.87. The number of amides is 1. The lowest BCUT2D eigenvalue weighted by molar-refractivity contribution is -0.128. The second kappa shape index (κ2) is 5.59. The first-order chi connectivity index (χ1) is 9.97. The van der Waals surface area contributed by atoms with Crippen LogP contribution in [0.2, 0.25) is 5.02 Å². The van der Waals surface area contributed by atoms with Gasteiger partial charge in [0.1, 0.15) is 4.90 Å². The molecular weight excluding hydrogens is 312 g/mol. The molecule has 21 heavy (non-hydrogen) atoms. The smallest absolute Gasteiger partial charge is 0.242 e. The standard InChI is InChI=1S/C14H17ClN2O3S/c15-12-3-1-2-4-13(12)21(19,20)16-8-10-7-14(18)17(9-10)11-5-6-11/h1-4,10-11,16H,5-9H2. The van der Waals surface area contributed by atoms with E-state index in [0.717, 1.165) is 12.8 Å². The normalized spacial score (nSPS) is 22.8. The number of hydrogen-bond donors (Lipinski definition) is 1. The van der Waals surface area contributed by atoms with Crippen molar-refractivity contribution >= 4 is 27.5 Å². The van der Waals surface area contributed by atoms with Crippen LogP contribution in [-0.4, -0.2) is 38.4 Å². The largest absolute Gasteiger partial charge is 0.339 e. The third kappa shape index (κ3) is 3.22. The summed E-state index contributed by atoms with van der Waals surface area (Å²) in [6.45, 7) is 0.914. The highest BCUT2D eigenvalue weighted by Crippen LogP contribution is 2.32. The quantitative estimate of drug-likeness (QED) is 0.893. The second-order valence-corrected chi connectivity index (χ2v) is 7.77. The molecule has 7 heteroatoms. The minimum atomic E-state index is -3.63. The maximum Gasteiger partial charge on any atom is 0.242 e. The molecule has 1 unspecified atom stereocenters. The molecule has 1 N–H and O–H groups in total. The maximum atomic E-state index is 12.2. The Morgan fingerprint density at radius 1 is 1.29 bits per heavy atom. The molecule has 0 radical (unpaired) electrons. The number of carbonyl (C=O) groups is 1. The average Bonchev–Trinajstić information content (AvgIpc) is 3.21. The van der Waals surface area contributed by atoms with Gasteiger partial charge < -0.3 is 4.90 Å². The second-order valence-electron chi connectivity index (χ2n) is 5.63. The average molecular weight is 329 g/mol. The van der Waals surface area contributed by atoms with Crippen molar-refractivity contribution in [2.45, 2.75) is 30.2 Å². The summed E-state index contributed by atoms with van der Waals surface area (Å²) in [4.78, 5) is 13.8. The highest BCUT2D eigenvalue weighted by atomic mass is 35.5. The predicted octanol–water partition coefficient (Wildman–Crippen LogP) is 1.63. The summed E-state index contributed by atoms with van der Waals surface area (Å²) in [7, 11) is -3.63. The van der Waals surface area contributed by atoms with E-state index in [1.807, 2.05) is 4.90 Å². The third-order valence-corrected chi connectivity index (χ3v) is 5.84. The van der Waals surface area contributed by atoms with E-state index in [4.69, 9.17) is 11.6 Å². The van der Waals surface area contributed by atoms with Crippen molar-refractivity contribution in [3.63, 3.8) is 0 Å². The van der Waals surface area contributed by atoms with E-state index in [1.54, 1.807) is 18.2 Å². The predicted molar refractivity (Wildman–Crippen MR) is 79.5 cm³/mol. The monoisotopic (exact) mass is 328 g/mol. The third-order valence-electron chi connectivity index (χ3n) is 3.91. The number of carbonyl (C=O) groups excluding carboxylic acids is 1. The zero-order valence-corrected chi connectivity index (χ0v) is 13.0. The van der Waals surface area contributed by atoms with Crippen LogP contribution in [0.3, 0.4) is 0 Å². The first-order valence-electron chi connectivity index (χ1n) is 7.01. The molecule has 1 amide bonds.